The maximum absolute atomic E-state index is 9.68. The maximum atomic E-state index is 9.68. The van der Waals surface area contributed by atoms with Gasteiger partial charge in [0, 0.05) is 43.1 Å². The lowest BCUT2D eigenvalue weighted by Crippen LogP contribution is -2.36. The monoisotopic (exact) mass is 363 g/mol. The molecule has 0 spiro atoms. The Hall–Kier alpha value is -1.94. The van der Waals surface area contributed by atoms with Gasteiger partial charge in [-0.05, 0) is 55.9 Å². The van der Waals surface area contributed by atoms with Gasteiger partial charge in [0.2, 0.25) is 0 Å². The topological polar surface area (TPSA) is 49.3 Å². The molecule has 2 aliphatic carbocycles. The van der Waals surface area contributed by atoms with Crippen LogP contribution in [0.3, 0.4) is 0 Å². The van der Waals surface area contributed by atoms with Crippen LogP contribution in [0.4, 0.5) is 0 Å². The van der Waals surface area contributed by atoms with E-state index in [4.69, 9.17) is 9.97 Å². The van der Waals surface area contributed by atoms with Crippen LogP contribution in [0.5, 0.6) is 5.75 Å². The van der Waals surface area contributed by atoms with Gasteiger partial charge in [0.1, 0.15) is 11.6 Å². The first-order valence-electron chi connectivity index (χ1n) is 10.7. The van der Waals surface area contributed by atoms with Crippen molar-refractivity contribution in [2.24, 2.45) is 5.92 Å². The van der Waals surface area contributed by atoms with Gasteiger partial charge in [-0.1, -0.05) is 19.3 Å². The van der Waals surface area contributed by atoms with Crippen LogP contribution in [-0.4, -0.2) is 33.1 Å². The van der Waals surface area contributed by atoms with Gasteiger partial charge in [0.25, 0.3) is 0 Å². The van der Waals surface area contributed by atoms with E-state index in [0.717, 1.165) is 42.5 Å². The standard InChI is InChI=1S/C23H29N3O/c27-19-10-8-17(9-11-19)22-20-15-26(14-16-4-2-1-3-5-16)13-12-21(20)24-23(25-22)18-6-7-18/h8-11,16,18,27H,1-7,12-15H2. The maximum Gasteiger partial charge on any atom is 0.132 e. The molecule has 4 nitrogen and oxygen atoms in total. The highest BCUT2D eigenvalue weighted by Crippen LogP contribution is 2.40. The first kappa shape index (κ1) is 17.2. The van der Waals surface area contributed by atoms with Gasteiger partial charge in [-0.15, -0.1) is 0 Å². The number of fused-ring (bicyclic) bond motifs is 1. The third-order valence-corrected chi connectivity index (χ3v) is 6.48. The summed E-state index contributed by atoms with van der Waals surface area (Å²) >= 11 is 0. The molecule has 0 atom stereocenters. The van der Waals surface area contributed by atoms with Gasteiger partial charge in [-0.25, -0.2) is 9.97 Å². The van der Waals surface area contributed by atoms with Crippen LogP contribution >= 0.6 is 0 Å². The van der Waals surface area contributed by atoms with Crippen LogP contribution in [0, 0.1) is 5.92 Å². The van der Waals surface area contributed by atoms with Crippen molar-refractivity contribution in [3.8, 4) is 17.0 Å². The number of hydrogen-bond acceptors (Lipinski definition) is 4. The number of hydrogen-bond donors (Lipinski definition) is 1. The molecule has 0 unspecified atom stereocenters. The normalized spacial score (nSPS) is 21.2. The van der Waals surface area contributed by atoms with E-state index in [0.29, 0.717) is 11.7 Å². The van der Waals surface area contributed by atoms with Gasteiger partial charge in [-0.3, -0.25) is 4.90 Å². The molecule has 2 saturated carbocycles. The lowest BCUT2D eigenvalue weighted by atomic mass is 9.88. The summed E-state index contributed by atoms with van der Waals surface area (Å²) in [5, 5.41) is 9.68. The van der Waals surface area contributed by atoms with Crippen molar-refractivity contribution in [1.82, 2.24) is 14.9 Å². The summed E-state index contributed by atoms with van der Waals surface area (Å²) in [7, 11) is 0. The molecule has 1 aliphatic heterocycles. The number of aromatic hydroxyl groups is 1. The van der Waals surface area contributed by atoms with Crippen LogP contribution in [0.1, 0.15) is 67.9 Å². The summed E-state index contributed by atoms with van der Waals surface area (Å²) in [4.78, 5) is 12.6. The number of phenolic OH excluding ortho intramolecular Hbond substituents is 1. The molecule has 1 aromatic heterocycles. The van der Waals surface area contributed by atoms with E-state index in [2.05, 4.69) is 4.90 Å². The Morgan fingerprint density at radius 3 is 2.48 bits per heavy atom. The van der Waals surface area contributed by atoms with Gasteiger partial charge < -0.3 is 5.11 Å². The summed E-state index contributed by atoms with van der Waals surface area (Å²) in [5.74, 6) is 2.77. The quantitative estimate of drug-likeness (QED) is 0.858. The third kappa shape index (κ3) is 3.73. The summed E-state index contributed by atoms with van der Waals surface area (Å²) in [6.07, 6.45) is 10.5. The second-order valence-electron chi connectivity index (χ2n) is 8.67. The highest BCUT2D eigenvalue weighted by Gasteiger charge is 2.31. The van der Waals surface area contributed by atoms with Gasteiger partial charge in [0.05, 0.1) is 11.4 Å². The minimum atomic E-state index is 0.308. The van der Waals surface area contributed by atoms with Crippen molar-refractivity contribution in [3.05, 3.63) is 41.3 Å². The molecule has 0 radical (unpaired) electrons. The lowest BCUT2D eigenvalue weighted by molar-refractivity contribution is 0.186. The number of phenols is 1. The second-order valence-corrected chi connectivity index (χ2v) is 8.67. The Balaban J connectivity index is 1.45. The molecule has 4 heteroatoms. The van der Waals surface area contributed by atoms with E-state index in [-0.39, 0.29) is 0 Å². The molecule has 0 amide bonds. The zero-order valence-corrected chi connectivity index (χ0v) is 16.0. The van der Waals surface area contributed by atoms with Crippen molar-refractivity contribution in [3.63, 3.8) is 0 Å². The predicted molar refractivity (Wildman–Crippen MR) is 107 cm³/mol. The SMILES string of the molecule is Oc1ccc(-c2nc(C3CC3)nc3c2CN(CC2CCCCC2)CC3)cc1. The van der Waals surface area contributed by atoms with Crippen molar-refractivity contribution in [2.45, 2.75) is 63.8 Å². The van der Waals surface area contributed by atoms with E-state index in [9.17, 15) is 5.11 Å². The molecule has 0 bridgehead atoms. The summed E-state index contributed by atoms with van der Waals surface area (Å²) in [6, 6.07) is 7.52. The number of rotatable bonds is 4. The molecular formula is C23H29N3O. The Morgan fingerprint density at radius 2 is 1.74 bits per heavy atom. The van der Waals surface area contributed by atoms with Gasteiger partial charge in [-0.2, -0.15) is 0 Å². The van der Waals surface area contributed by atoms with Crippen molar-refractivity contribution in [2.75, 3.05) is 13.1 Å². The highest BCUT2D eigenvalue weighted by molar-refractivity contribution is 5.65. The summed E-state index contributed by atoms with van der Waals surface area (Å²) in [5.41, 5.74) is 4.77. The average Bonchev–Trinajstić information content (AvgIpc) is 3.54. The Morgan fingerprint density at radius 1 is 0.963 bits per heavy atom. The molecule has 3 aliphatic rings. The molecule has 142 valence electrons. The molecule has 1 aromatic carbocycles. The molecule has 2 heterocycles. The molecule has 0 saturated heterocycles. The second kappa shape index (κ2) is 7.23. The molecule has 2 fully saturated rings. The Bertz CT molecular complexity index is 807. The van der Waals surface area contributed by atoms with Crippen LogP contribution in [-0.2, 0) is 13.0 Å². The minimum Gasteiger partial charge on any atom is -0.508 e. The largest absolute Gasteiger partial charge is 0.508 e. The van der Waals surface area contributed by atoms with E-state index in [1.807, 2.05) is 12.1 Å². The van der Waals surface area contributed by atoms with Gasteiger partial charge in [0.15, 0.2) is 0 Å². The van der Waals surface area contributed by atoms with Crippen LogP contribution < -0.4 is 0 Å². The van der Waals surface area contributed by atoms with E-state index in [1.54, 1.807) is 12.1 Å². The zero-order valence-electron chi connectivity index (χ0n) is 16.0. The first-order valence-corrected chi connectivity index (χ1v) is 10.7. The fourth-order valence-electron chi connectivity index (χ4n) is 4.76. The smallest absolute Gasteiger partial charge is 0.132 e. The number of aromatic nitrogens is 2. The van der Waals surface area contributed by atoms with E-state index < -0.39 is 0 Å². The first-order chi connectivity index (χ1) is 13.3. The van der Waals surface area contributed by atoms with Crippen LogP contribution in [0.15, 0.2) is 24.3 Å². The molecule has 5 rings (SSSR count). The molecule has 1 N–H and O–H groups in total. The number of nitrogens with zero attached hydrogens (tertiary/aromatic N) is 3. The fraction of sp³-hybridized carbons (Fsp3) is 0.565. The van der Waals surface area contributed by atoms with Crippen molar-refractivity contribution >= 4 is 0 Å². The lowest BCUT2D eigenvalue weighted by Gasteiger charge is -2.33. The summed E-state index contributed by atoms with van der Waals surface area (Å²) in [6.45, 7) is 3.31. The fourth-order valence-corrected chi connectivity index (χ4v) is 4.76. The zero-order chi connectivity index (χ0) is 18.2. The molecule has 2 aromatic rings. The van der Waals surface area contributed by atoms with Crippen molar-refractivity contribution < 1.29 is 5.11 Å². The van der Waals surface area contributed by atoms with E-state index in [1.165, 1.54) is 62.7 Å². The minimum absolute atomic E-state index is 0.308. The van der Waals surface area contributed by atoms with Crippen molar-refractivity contribution in [1.29, 1.82) is 0 Å². The molecule has 27 heavy (non-hydrogen) atoms. The predicted octanol–water partition coefficient (Wildman–Crippen LogP) is 4.67. The number of benzene rings is 1. The Labute approximate surface area is 161 Å². The molecular weight excluding hydrogens is 334 g/mol. The Kier molecular flexibility index (Phi) is 4.60. The summed E-state index contributed by atoms with van der Waals surface area (Å²) < 4.78 is 0. The van der Waals surface area contributed by atoms with Crippen LogP contribution in [0.2, 0.25) is 0 Å². The van der Waals surface area contributed by atoms with Crippen LogP contribution in [0.25, 0.3) is 11.3 Å². The van der Waals surface area contributed by atoms with E-state index >= 15 is 0 Å². The average molecular weight is 364 g/mol. The van der Waals surface area contributed by atoms with Gasteiger partial charge >= 0.3 is 0 Å². The highest BCUT2D eigenvalue weighted by atomic mass is 16.3. The third-order valence-electron chi connectivity index (χ3n) is 6.48.